The average Bonchev–Trinajstić information content (AvgIpc) is 3.71. The van der Waals surface area contributed by atoms with Gasteiger partial charge in [0.1, 0.15) is 0 Å². The molecule has 3 heterocycles. The van der Waals surface area contributed by atoms with Gasteiger partial charge in [-0.2, -0.15) is 4.98 Å². The summed E-state index contributed by atoms with van der Waals surface area (Å²) >= 11 is 6.16. The Morgan fingerprint density at radius 2 is 1.95 bits per heavy atom. The van der Waals surface area contributed by atoms with Crippen LogP contribution in [0.3, 0.4) is 0 Å². The van der Waals surface area contributed by atoms with Gasteiger partial charge in [-0.1, -0.05) is 33.3 Å². The Kier molecular flexibility index (Phi) is 7.44. The van der Waals surface area contributed by atoms with Gasteiger partial charge in [0, 0.05) is 42.8 Å². The topological polar surface area (TPSA) is 77.0 Å². The van der Waals surface area contributed by atoms with Gasteiger partial charge in [-0.15, -0.1) is 0 Å². The van der Waals surface area contributed by atoms with Gasteiger partial charge < -0.3 is 10.1 Å². The standard InChI is InChI=1S/C30H36ClFN4O2/c1-6-19-20(23(26(37)16(3)4)17(5)30(7-2)11-12-30)9-8-18-14-34-28(25(32)24(18)19)38-27-21-15-33-13-10-22(21)35-29(31)36-27/h14,16,33H,6-13,15H2,1-5H3/b23-17-. The quantitative estimate of drug-likeness (QED) is 0.289. The Labute approximate surface area is 229 Å². The monoisotopic (exact) mass is 538 g/mol. The Hall–Kier alpha value is -2.64. The highest BCUT2D eigenvalue weighted by molar-refractivity contribution is 6.28. The van der Waals surface area contributed by atoms with Crippen molar-refractivity contribution >= 4 is 23.0 Å². The number of hydrogen-bond acceptors (Lipinski definition) is 6. The summed E-state index contributed by atoms with van der Waals surface area (Å²) in [6, 6.07) is 0. The van der Waals surface area contributed by atoms with E-state index in [9.17, 15) is 4.79 Å². The maximum Gasteiger partial charge on any atom is 0.258 e. The number of fused-ring (bicyclic) bond motifs is 2. The molecule has 38 heavy (non-hydrogen) atoms. The molecule has 1 N–H and O–H groups in total. The number of aromatic nitrogens is 3. The lowest BCUT2D eigenvalue weighted by Crippen LogP contribution is -2.25. The molecule has 6 nitrogen and oxygen atoms in total. The molecule has 1 aliphatic heterocycles. The zero-order valence-corrected chi connectivity index (χ0v) is 23.7. The molecule has 2 aromatic rings. The zero-order chi connectivity index (χ0) is 27.2. The summed E-state index contributed by atoms with van der Waals surface area (Å²) < 4.78 is 22.3. The van der Waals surface area contributed by atoms with Crippen LogP contribution < -0.4 is 10.1 Å². The summed E-state index contributed by atoms with van der Waals surface area (Å²) in [7, 11) is 0. The molecule has 8 heteroatoms. The molecule has 2 aromatic heterocycles. The van der Waals surface area contributed by atoms with Crippen LogP contribution >= 0.6 is 11.6 Å². The van der Waals surface area contributed by atoms with E-state index in [2.05, 4.69) is 34.1 Å². The molecule has 0 amide bonds. The summed E-state index contributed by atoms with van der Waals surface area (Å²) in [4.78, 5) is 26.6. The van der Waals surface area contributed by atoms with Gasteiger partial charge in [0.2, 0.25) is 11.2 Å². The van der Waals surface area contributed by atoms with Crippen molar-refractivity contribution in [3.63, 3.8) is 0 Å². The minimum atomic E-state index is -0.519. The highest BCUT2D eigenvalue weighted by atomic mass is 35.5. The fourth-order valence-corrected chi connectivity index (χ4v) is 6.22. The number of Topliss-reactive ketones (excluding diaryl/α,β-unsaturated/α-hetero) is 1. The first-order valence-electron chi connectivity index (χ1n) is 13.8. The molecule has 0 saturated heterocycles. The van der Waals surface area contributed by atoms with Crippen LogP contribution in [-0.2, 0) is 24.2 Å². The van der Waals surface area contributed by atoms with Crippen LogP contribution in [0.25, 0.3) is 5.57 Å². The van der Waals surface area contributed by atoms with E-state index in [1.807, 2.05) is 20.8 Å². The number of nitrogens with zero attached hydrogens (tertiary/aromatic N) is 3. The SMILES string of the molecule is CCC1=C(/C(C(=O)C(C)C)=C(\C)C2(CC)CC2)CCc2cnc(Oc3nc(Cl)nc4c3CNCC4)c(F)c21. The number of pyridine rings is 1. The number of carbonyl (C=O) groups excluding carboxylic acids is 1. The summed E-state index contributed by atoms with van der Waals surface area (Å²) in [5.74, 6) is -0.422. The normalized spacial score (nSPS) is 18.6. The minimum absolute atomic E-state index is 0.0674. The maximum absolute atomic E-state index is 16.3. The van der Waals surface area contributed by atoms with Crippen molar-refractivity contribution in [3.05, 3.63) is 56.4 Å². The number of ketones is 1. The second-order valence-corrected chi connectivity index (χ2v) is 11.3. The van der Waals surface area contributed by atoms with Crippen LogP contribution in [-0.4, -0.2) is 27.3 Å². The number of allylic oxidation sites excluding steroid dienone is 4. The summed E-state index contributed by atoms with van der Waals surface area (Å²) in [6.45, 7) is 11.5. The highest BCUT2D eigenvalue weighted by Crippen LogP contribution is 2.57. The Bertz CT molecular complexity index is 1360. The van der Waals surface area contributed by atoms with Gasteiger partial charge in [0.05, 0.1) is 11.3 Å². The predicted octanol–water partition coefficient (Wildman–Crippen LogP) is 6.94. The Balaban J connectivity index is 1.64. The molecule has 0 aromatic carbocycles. The molecule has 1 fully saturated rings. The number of ether oxygens (including phenoxy) is 1. The molecule has 2 aliphatic carbocycles. The molecule has 0 atom stereocenters. The van der Waals surface area contributed by atoms with E-state index in [-0.39, 0.29) is 34.2 Å². The van der Waals surface area contributed by atoms with Crippen molar-refractivity contribution < 1.29 is 13.9 Å². The largest absolute Gasteiger partial charge is 0.417 e. The van der Waals surface area contributed by atoms with Gasteiger partial charge in [-0.3, -0.25) is 4.79 Å². The Morgan fingerprint density at radius 1 is 1.18 bits per heavy atom. The highest BCUT2D eigenvalue weighted by Gasteiger charge is 2.45. The lowest BCUT2D eigenvalue weighted by atomic mass is 9.75. The first-order valence-corrected chi connectivity index (χ1v) is 14.2. The summed E-state index contributed by atoms with van der Waals surface area (Å²) in [5.41, 5.74) is 6.86. The fourth-order valence-electron chi connectivity index (χ4n) is 6.04. The molecule has 0 spiro atoms. The van der Waals surface area contributed by atoms with Gasteiger partial charge in [0.25, 0.3) is 5.88 Å². The maximum atomic E-state index is 16.3. The molecule has 5 rings (SSSR count). The van der Waals surface area contributed by atoms with Crippen molar-refractivity contribution in [1.29, 1.82) is 0 Å². The van der Waals surface area contributed by atoms with Crippen molar-refractivity contribution in [1.82, 2.24) is 20.3 Å². The zero-order valence-electron chi connectivity index (χ0n) is 22.9. The molecule has 0 unspecified atom stereocenters. The number of nitrogens with one attached hydrogen (secondary N) is 1. The van der Waals surface area contributed by atoms with E-state index in [1.165, 1.54) is 5.57 Å². The van der Waals surface area contributed by atoms with Crippen LogP contribution in [0.15, 0.2) is 22.9 Å². The van der Waals surface area contributed by atoms with Crippen LogP contribution in [0.4, 0.5) is 4.39 Å². The Morgan fingerprint density at radius 3 is 2.61 bits per heavy atom. The van der Waals surface area contributed by atoms with E-state index >= 15 is 4.39 Å². The number of aryl methyl sites for hydroxylation is 1. The first kappa shape index (κ1) is 26.9. The van der Waals surface area contributed by atoms with Crippen molar-refractivity contribution in [3.8, 4) is 11.8 Å². The van der Waals surface area contributed by atoms with Crippen molar-refractivity contribution in [2.75, 3.05) is 6.54 Å². The smallest absolute Gasteiger partial charge is 0.258 e. The van der Waals surface area contributed by atoms with Crippen molar-refractivity contribution in [2.24, 2.45) is 11.3 Å². The van der Waals surface area contributed by atoms with E-state index in [0.717, 1.165) is 59.3 Å². The lowest BCUT2D eigenvalue weighted by molar-refractivity contribution is -0.118. The number of halogens is 2. The van der Waals surface area contributed by atoms with E-state index in [4.69, 9.17) is 16.3 Å². The first-order chi connectivity index (χ1) is 18.2. The molecular weight excluding hydrogens is 503 g/mol. The summed E-state index contributed by atoms with van der Waals surface area (Å²) in [6.07, 6.45) is 7.53. The second-order valence-electron chi connectivity index (χ2n) is 11.0. The lowest BCUT2D eigenvalue weighted by Gasteiger charge is -2.29. The molecule has 1 saturated carbocycles. The van der Waals surface area contributed by atoms with Crippen LogP contribution in [0.2, 0.25) is 5.28 Å². The number of hydrogen-bond donors (Lipinski definition) is 1. The second kappa shape index (κ2) is 10.5. The number of carbonyl (C=O) groups is 1. The molecule has 3 aliphatic rings. The molecule has 0 radical (unpaired) electrons. The van der Waals surface area contributed by atoms with E-state index in [1.54, 1.807) is 6.20 Å². The fraction of sp³-hybridized carbons (Fsp3) is 0.533. The third kappa shape index (κ3) is 4.68. The van der Waals surface area contributed by atoms with Gasteiger partial charge in [-0.25, -0.2) is 14.4 Å². The van der Waals surface area contributed by atoms with Crippen LogP contribution in [0.1, 0.15) is 89.1 Å². The molecule has 202 valence electrons. The van der Waals surface area contributed by atoms with Crippen molar-refractivity contribution in [2.45, 2.75) is 86.1 Å². The van der Waals surface area contributed by atoms with E-state index in [0.29, 0.717) is 37.8 Å². The third-order valence-corrected chi connectivity index (χ3v) is 8.73. The predicted molar refractivity (Wildman–Crippen MR) is 147 cm³/mol. The molecular formula is C30H36ClFN4O2. The third-order valence-electron chi connectivity index (χ3n) is 8.56. The number of rotatable bonds is 8. The van der Waals surface area contributed by atoms with Gasteiger partial charge >= 0.3 is 0 Å². The van der Waals surface area contributed by atoms with Gasteiger partial charge in [-0.05, 0) is 79.2 Å². The average molecular weight is 539 g/mol. The van der Waals surface area contributed by atoms with Crippen LogP contribution in [0, 0.1) is 17.2 Å². The summed E-state index contributed by atoms with van der Waals surface area (Å²) in [5, 5.41) is 3.34. The van der Waals surface area contributed by atoms with E-state index < -0.39 is 5.82 Å². The minimum Gasteiger partial charge on any atom is -0.417 e. The van der Waals surface area contributed by atoms with Gasteiger partial charge in [0.15, 0.2) is 11.6 Å². The van der Waals surface area contributed by atoms with Crippen LogP contribution in [0.5, 0.6) is 11.8 Å². The molecule has 0 bridgehead atoms.